The zero-order valence-corrected chi connectivity index (χ0v) is 16.5. The first kappa shape index (κ1) is 18.8. The third-order valence-electron chi connectivity index (χ3n) is 5.59. The molecule has 1 atom stereocenters. The number of piperidine rings is 1. The molecule has 1 unspecified atom stereocenters. The van der Waals surface area contributed by atoms with Crippen LogP contribution < -0.4 is 9.64 Å². The highest BCUT2D eigenvalue weighted by molar-refractivity contribution is 5.73. The molecule has 4 rings (SSSR count). The maximum atomic E-state index is 12.1. The number of hydrogen-bond donors (Lipinski definition) is 0. The molecular formula is C23H28N2O3. The van der Waals surface area contributed by atoms with E-state index >= 15 is 0 Å². The Morgan fingerprint density at radius 3 is 2.75 bits per heavy atom. The summed E-state index contributed by atoms with van der Waals surface area (Å²) in [5, 5.41) is 0. The van der Waals surface area contributed by atoms with Crippen LogP contribution in [-0.4, -0.2) is 43.7 Å². The van der Waals surface area contributed by atoms with Gasteiger partial charge >= 0.3 is 5.97 Å². The lowest BCUT2D eigenvalue weighted by Gasteiger charge is -2.34. The number of carbonyl (C=O) groups is 1. The quantitative estimate of drug-likeness (QED) is 0.734. The molecule has 148 valence electrons. The number of hydrogen-bond acceptors (Lipinski definition) is 5. The molecule has 2 aromatic rings. The van der Waals surface area contributed by atoms with Gasteiger partial charge in [-0.25, -0.2) is 0 Å². The van der Waals surface area contributed by atoms with E-state index < -0.39 is 0 Å². The van der Waals surface area contributed by atoms with Crippen molar-refractivity contribution in [3.8, 4) is 5.75 Å². The van der Waals surface area contributed by atoms with Crippen molar-refractivity contribution in [2.75, 3.05) is 37.7 Å². The van der Waals surface area contributed by atoms with Gasteiger partial charge in [0, 0.05) is 30.9 Å². The molecule has 2 aromatic carbocycles. The SMILES string of the molecule is CCOC(=O)C1CCCN(CCN2c3ccccc3COc3ccccc32)C1. The summed E-state index contributed by atoms with van der Waals surface area (Å²) in [7, 11) is 0. The van der Waals surface area contributed by atoms with Crippen LogP contribution in [0.15, 0.2) is 48.5 Å². The van der Waals surface area contributed by atoms with Crippen LogP contribution in [0.5, 0.6) is 5.75 Å². The first-order chi connectivity index (χ1) is 13.8. The molecule has 5 heteroatoms. The lowest BCUT2D eigenvalue weighted by molar-refractivity contribution is -0.149. The van der Waals surface area contributed by atoms with E-state index in [0.717, 1.165) is 50.5 Å². The fourth-order valence-corrected chi connectivity index (χ4v) is 4.18. The number of likely N-dealkylation sites (tertiary alicyclic amines) is 1. The summed E-state index contributed by atoms with van der Waals surface area (Å²) < 4.78 is 11.3. The number of fused-ring (bicyclic) bond motifs is 2. The second kappa shape index (κ2) is 8.65. The van der Waals surface area contributed by atoms with E-state index in [1.54, 1.807) is 0 Å². The number of esters is 1. The zero-order chi connectivity index (χ0) is 19.3. The highest BCUT2D eigenvalue weighted by Gasteiger charge is 2.28. The third kappa shape index (κ3) is 3.99. The van der Waals surface area contributed by atoms with Crippen molar-refractivity contribution in [1.82, 2.24) is 4.90 Å². The largest absolute Gasteiger partial charge is 0.487 e. The van der Waals surface area contributed by atoms with Crippen LogP contribution in [0.1, 0.15) is 25.3 Å². The van der Waals surface area contributed by atoms with E-state index in [9.17, 15) is 4.79 Å². The van der Waals surface area contributed by atoms with Gasteiger partial charge in [0.1, 0.15) is 12.4 Å². The molecule has 0 bridgehead atoms. The maximum Gasteiger partial charge on any atom is 0.310 e. The standard InChI is InChI=1S/C23H28N2O3/c1-2-27-23(26)18-9-7-13-24(16-18)14-15-25-20-10-4-3-8-19(20)17-28-22-12-6-5-11-21(22)25/h3-6,8,10-12,18H,2,7,9,13-17H2,1H3. The van der Waals surface area contributed by atoms with Crippen LogP contribution in [0.2, 0.25) is 0 Å². The molecule has 28 heavy (non-hydrogen) atoms. The Hall–Kier alpha value is -2.53. The highest BCUT2D eigenvalue weighted by Crippen LogP contribution is 2.39. The number of benzene rings is 2. The predicted octanol–water partition coefficient (Wildman–Crippen LogP) is 3.99. The summed E-state index contributed by atoms with van der Waals surface area (Å²) >= 11 is 0. The van der Waals surface area contributed by atoms with Crippen LogP contribution in [-0.2, 0) is 16.1 Å². The predicted molar refractivity (Wildman–Crippen MR) is 110 cm³/mol. The zero-order valence-electron chi connectivity index (χ0n) is 16.5. The molecule has 2 aliphatic rings. The molecule has 0 radical (unpaired) electrons. The minimum absolute atomic E-state index is 0.000685. The van der Waals surface area contributed by atoms with Crippen molar-refractivity contribution in [3.05, 3.63) is 54.1 Å². The molecule has 0 aliphatic carbocycles. The van der Waals surface area contributed by atoms with Gasteiger partial charge in [0.05, 0.1) is 18.2 Å². The molecule has 5 nitrogen and oxygen atoms in total. The Morgan fingerprint density at radius 1 is 1.11 bits per heavy atom. The van der Waals surface area contributed by atoms with Gasteiger partial charge < -0.3 is 19.3 Å². The van der Waals surface area contributed by atoms with Crippen LogP contribution in [0.4, 0.5) is 11.4 Å². The molecule has 0 saturated carbocycles. The Bertz CT molecular complexity index is 775. The first-order valence-corrected chi connectivity index (χ1v) is 10.2. The van der Waals surface area contributed by atoms with Crippen LogP contribution in [0.3, 0.4) is 0 Å². The molecule has 1 saturated heterocycles. The highest BCUT2D eigenvalue weighted by atomic mass is 16.5. The molecule has 0 spiro atoms. The average Bonchev–Trinajstić information content (AvgIpc) is 2.89. The minimum atomic E-state index is -0.0499. The molecular weight excluding hydrogens is 352 g/mol. The van der Waals surface area contributed by atoms with Crippen LogP contribution in [0.25, 0.3) is 0 Å². The number of para-hydroxylation sites is 3. The number of rotatable bonds is 5. The summed E-state index contributed by atoms with van der Waals surface area (Å²) in [6.45, 7) is 6.48. The van der Waals surface area contributed by atoms with Crippen molar-refractivity contribution in [2.24, 2.45) is 5.92 Å². The van der Waals surface area contributed by atoms with Gasteiger partial charge in [-0.05, 0) is 44.5 Å². The van der Waals surface area contributed by atoms with Crippen LogP contribution >= 0.6 is 0 Å². The van der Waals surface area contributed by atoms with E-state index in [-0.39, 0.29) is 11.9 Å². The van der Waals surface area contributed by atoms with Gasteiger partial charge in [-0.2, -0.15) is 0 Å². The van der Waals surface area contributed by atoms with E-state index in [1.165, 1.54) is 11.3 Å². The molecule has 0 aromatic heterocycles. The van der Waals surface area contributed by atoms with Crippen molar-refractivity contribution >= 4 is 17.3 Å². The van der Waals surface area contributed by atoms with Gasteiger partial charge in [0.2, 0.25) is 0 Å². The summed E-state index contributed by atoms with van der Waals surface area (Å²) in [4.78, 5) is 16.9. The van der Waals surface area contributed by atoms with E-state index in [4.69, 9.17) is 9.47 Å². The van der Waals surface area contributed by atoms with E-state index in [2.05, 4.69) is 46.2 Å². The second-order valence-electron chi connectivity index (χ2n) is 7.43. The molecule has 2 aliphatic heterocycles. The normalized spacial score (nSPS) is 19.2. The molecule has 0 N–H and O–H groups in total. The Kier molecular flexibility index (Phi) is 5.81. The van der Waals surface area contributed by atoms with Crippen molar-refractivity contribution in [3.63, 3.8) is 0 Å². The molecule has 2 heterocycles. The lowest BCUT2D eigenvalue weighted by Crippen LogP contribution is -2.42. The van der Waals surface area contributed by atoms with Crippen LogP contribution in [0, 0.1) is 5.92 Å². The first-order valence-electron chi connectivity index (χ1n) is 10.2. The maximum absolute atomic E-state index is 12.1. The lowest BCUT2D eigenvalue weighted by atomic mass is 9.98. The molecule has 1 fully saturated rings. The van der Waals surface area contributed by atoms with Crippen molar-refractivity contribution < 1.29 is 14.3 Å². The Morgan fingerprint density at radius 2 is 1.89 bits per heavy atom. The number of carbonyl (C=O) groups excluding carboxylic acids is 1. The number of ether oxygens (including phenoxy) is 2. The van der Waals surface area contributed by atoms with Gasteiger partial charge in [-0.1, -0.05) is 30.3 Å². The van der Waals surface area contributed by atoms with Crippen molar-refractivity contribution in [1.29, 1.82) is 0 Å². The minimum Gasteiger partial charge on any atom is -0.487 e. The molecule has 0 amide bonds. The van der Waals surface area contributed by atoms with Gasteiger partial charge in [-0.15, -0.1) is 0 Å². The summed E-state index contributed by atoms with van der Waals surface area (Å²) in [6.07, 6.45) is 1.97. The smallest absolute Gasteiger partial charge is 0.310 e. The average molecular weight is 380 g/mol. The van der Waals surface area contributed by atoms with E-state index in [1.807, 2.05) is 19.1 Å². The summed E-state index contributed by atoms with van der Waals surface area (Å²) in [5.74, 6) is 0.869. The summed E-state index contributed by atoms with van der Waals surface area (Å²) in [6, 6.07) is 16.7. The fourth-order valence-electron chi connectivity index (χ4n) is 4.18. The summed E-state index contributed by atoms with van der Waals surface area (Å²) in [5.41, 5.74) is 3.50. The Labute approximate surface area is 166 Å². The van der Waals surface area contributed by atoms with Crippen molar-refractivity contribution in [2.45, 2.75) is 26.4 Å². The second-order valence-corrected chi connectivity index (χ2v) is 7.43. The number of nitrogens with zero attached hydrogens (tertiary/aromatic N) is 2. The fraction of sp³-hybridized carbons (Fsp3) is 0.435. The van der Waals surface area contributed by atoms with Gasteiger partial charge in [0.25, 0.3) is 0 Å². The monoisotopic (exact) mass is 380 g/mol. The van der Waals surface area contributed by atoms with E-state index in [0.29, 0.717) is 13.2 Å². The van der Waals surface area contributed by atoms with Gasteiger partial charge in [0.15, 0.2) is 0 Å². The third-order valence-corrected chi connectivity index (χ3v) is 5.59. The topological polar surface area (TPSA) is 42.0 Å². The number of anilines is 2. The Balaban J connectivity index is 1.51. The van der Waals surface area contributed by atoms with Gasteiger partial charge in [-0.3, -0.25) is 4.79 Å².